The zero-order valence-electron chi connectivity index (χ0n) is 27.8. The Kier molecular flexibility index (Phi) is 7.49. The monoisotopic (exact) mass is 637 g/mol. The van der Waals surface area contributed by atoms with E-state index in [1.807, 2.05) is 6.07 Å². The van der Waals surface area contributed by atoms with Crippen molar-refractivity contribution in [2.75, 3.05) is 4.90 Å². The lowest BCUT2D eigenvalue weighted by Gasteiger charge is -2.30. The van der Waals surface area contributed by atoms with Crippen LogP contribution in [0.5, 0.6) is 0 Å². The van der Waals surface area contributed by atoms with Gasteiger partial charge < -0.3 is 4.90 Å². The van der Waals surface area contributed by atoms with E-state index in [0.29, 0.717) is 0 Å². The zero-order valence-corrected chi connectivity index (χ0v) is 27.8. The van der Waals surface area contributed by atoms with Crippen LogP contribution in [0, 0.1) is 11.8 Å². The summed E-state index contributed by atoms with van der Waals surface area (Å²) in [7, 11) is 0. The molecule has 0 bridgehead atoms. The van der Waals surface area contributed by atoms with Crippen molar-refractivity contribution in [3.05, 3.63) is 222 Å². The number of para-hydroxylation sites is 1. The molecular weight excluding hydrogens is 603 g/mol. The van der Waals surface area contributed by atoms with Crippen molar-refractivity contribution in [3.8, 4) is 23.0 Å². The van der Waals surface area contributed by atoms with Gasteiger partial charge in [0.25, 0.3) is 0 Å². The first-order chi connectivity index (χ1) is 24.8. The molecule has 0 amide bonds. The molecule has 0 spiro atoms. The van der Waals surface area contributed by atoms with Crippen molar-refractivity contribution in [2.24, 2.45) is 0 Å². The van der Waals surface area contributed by atoms with Crippen molar-refractivity contribution < 1.29 is 0 Å². The van der Waals surface area contributed by atoms with Gasteiger partial charge in [0, 0.05) is 22.6 Å². The van der Waals surface area contributed by atoms with Gasteiger partial charge in [0.1, 0.15) is 5.41 Å². The predicted octanol–water partition coefficient (Wildman–Crippen LogP) is 12.1. The Balaban J connectivity index is 1.16. The molecule has 1 atom stereocenters. The van der Waals surface area contributed by atoms with E-state index in [2.05, 4.69) is 199 Å². The number of fused-ring (bicyclic) bond motifs is 4. The fourth-order valence-corrected chi connectivity index (χ4v) is 7.80. The van der Waals surface area contributed by atoms with E-state index >= 15 is 0 Å². The molecule has 0 saturated heterocycles. The summed E-state index contributed by atoms with van der Waals surface area (Å²) >= 11 is 0. The number of nitrogens with zero attached hydrogens (tertiary/aromatic N) is 1. The molecule has 1 unspecified atom stereocenters. The van der Waals surface area contributed by atoms with Gasteiger partial charge in [-0.1, -0.05) is 151 Å². The molecule has 0 aromatic heterocycles. The maximum atomic E-state index is 3.85. The van der Waals surface area contributed by atoms with Crippen LogP contribution in [0.4, 0.5) is 11.4 Å². The Bertz CT molecular complexity index is 2480. The smallest absolute Gasteiger partial charge is 0.108 e. The molecule has 2 aliphatic carbocycles. The average molecular weight is 638 g/mol. The van der Waals surface area contributed by atoms with Gasteiger partial charge in [-0.15, -0.1) is 0 Å². The summed E-state index contributed by atoms with van der Waals surface area (Å²) in [5.41, 5.74) is 12.9. The van der Waals surface area contributed by atoms with Crippen molar-refractivity contribution >= 4 is 27.7 Å². The summed E-state index contributed by atoms with van der Waals surface area (Å²) in [5, 5.41) is 2.50. The minimum atomic E-state index is -0.588. The number of rotatable bonds is 5. The molecule has 0 fully saturated rings. The number of hydrogen-bond donors (Lipinski definition) is 0. The van der Waals surface area contributed by atoms with Gasteiger partial charge in [-0.2, -0.15) is 0 Å². The van der Waals surface area contributed by atoms with E-state index in [9.17, 15) is 0 Å². The van der Waals surface area contributed by atoms with Gasteiger partial charge in [-0.3, -0.25) is 0 Å². The van der Waals surface area contributed by atoms with Crippen LogP contribution < -0.4 is 4.90 Å². The Morgan fingerprint density at radius 1 is 0.480 bits per heavy atom. The number of allylic oxidation sites excluding steroid dienone is 4. The first kappa shape index (κ1) is 29.8. The quantitative estimate of drug-likeness (QED) is 0.170. The summed E-state index contributed by atoms with van der Waals surface area (Å²) in [4.78, 5) is 2.42. The fourth-order valence-electron chi connectivity index (χ4n) is 7.80. The SMILES string of the molecule is C(#CC1(c2ccccc2)c2ccccc2-c2ccc(C3=CC=C(N(c4ccccc4)c4ccc5ccccc5c4)CC3)cc21)c1ccccc1. The molecule has 2 aliphatic rings. The topological polar surface area (TPSA) is 3.24 Å². The molecule has 0 aliphatic heterocycles. The Morgan fingerprint density at radius 3 is 1.94 bits per heavy atom. The molecule has 236 valence electrons. The van der Waals surface area contributed by atoms with E-state index in [-0.39, 0.29) is 0 Å². The second-order valence-electron chi connectivity index (χ2n) is 13.1. The third-order valence-corrected chi connectivity index (χ3v) is 10.2. The highest BCUT2D eigenvalue weighted by Crippen LogP contribution is 2.53. The van der Waals surface area contributed by atoms with Gasteiger partial charge in [0.2, 0.25) is 0 Å². The molecule has 0 heterocycles. The number of benzene rings is 7. The molecule has 7 aromatic carbocycles. The molecule has 1 heteroatoms. The molecule has 50 heavy (non-hydrogen) atoms. The number of anilines is 2. The van der Waals surface area contributed by atoms with Crippen LogP contribution in [-0.2, 0) is 5.41 Å². The maximum absolute atomic E-state index is 3.85. The molecule has 0 N–H and O–H groups in total. The summed E-state index contributed by atoms with van der Waals surface area (Å²) in [6.45, 7) is 0. The molecule has 1 nitrogen and oxygen atoms in total. The van der Waals surface area contributed by atoms with Crippen LogP contribution in [0.3, 0.4) is 0 Å². The van der Waals surface area contributed by atoms with E-state index in [1.54, 1.807) is 0 Å². The van der Waals surface area contributed by atoms with E-state index < -0.39 is 5.41 Å². The van der Waals surface area contributed by atoms with Crippen LogP contribution in [0.25, 0.3) is 27.5 Å². The molecule has 7 aromatic rings. The lowest BCUT2D eigenvalue weighted by molar-refractivity contribution is 0.836. The van der Waals surface area contributed by atoms with E-state index in [1.165, 1.54) is 66.8 Å². The summed E-state index contributed by atoms with van der Waals surface area (Å²) in [6.07, 6.45) is 6.53. The normalized spacial score (nSPS) is 16.0. The standard InChI is InChI=1S/C49H35N/c1-4-14-36(15-5-1)32-33-49(41-18-6-2-7-19-41)47-23-13-12-22-45(47)46-31-27-40(35-48(46)49)38-24-28-43(29-25-38)50(42-20-8-3-9-21-42)44-30-26-37-16-10-11-17-39(37)34-44/h1-24,26-28,30-31,34-35H,25,29H2. The summed E-state index contributed by atoms with van der Waals surface area (Å²) < 4.78 is 0. The van der Waals surface area contributed by atoms with Gasteiger partial charge in [-0.25, -0.2) is 0 Å². The van der Waals surface area contributed by atoms with E-state index in [0.717, 1.165) is 18.4 Å². The second kappa shape index (κ2) is 12.6. The van der Waals surface area contributed by atoms with Gasteiger partial charge >= 0.3 is 0 Å². The summed E-state index contributed by atoms with van der Waals surface area (Å²) in [6, 6.07) is 63.1. The summed E-state index contributed by atoms with van der Waals surface area (Å²) in [5.74, 6) is 7.44. The van der Waals surface area contributed by atoms with Crippen LogP contribution in [0.15, 0.2) is 194 Å². The van der Waals surface area contributed by atoms with Crippen LogP contribution >= 0.6 is 0 Å². The molecule has 0 radical (unpaired) electrons. The van der Waals surface area contributed by atoms with Crippen molar-refractivity contribution in [1.29, 1.82) is 0 Å². The van der Waals surface area contributed by atoms with Crippen LogP contribution in [-0.4, -0.2) is 0 Å². The maximum Gasteiger partial charge on any atom is 0.108 e. The van der Waals surface area contributed by atoms with Gasteiger partial charge in [0.05, 0.1) is 0 Å². The van der Waals surface area contributed by atoms with Gasteiger partial charge in [0.15, 0.2) is 0 Å². The zero-order chi connectivity index (χ0) is 33.3. The highest BCUT2D eigenvalue weighted by atomic mass is 15.1. The third kappa shape index (κ3) is 5.14. The second-order valence-corrected chi connectivity index (χ2v) is 13.1. The Labute approximate surface area is 294 Å². The fraction of sp³-hybridized carbons (Fsp3) is 0.0612. The predicted molar refractivity (Wildman–Crippen MR) is 209 cm³/mol. The largest absolute Gasteiger partial charge is 0.314 e. The minimum Gasteiger partial charge on any atom is -0.314 e. The van der Waals surface area contributed by atoms with Crippen molar-refractivity contribution in [2.45, 2.75) is 18.3 Å². The van der Waals surface area contributed by atoms with Crippen LogP contribution in [0.1, 0.15) is 40.7 Å². The number of hydrogen-bond acceptors (Lipinski definition) is 1. The molecular formula is C49H35N. The van der Waals surface area contributed by atoms with Crippen molar-refractivity contribution in [3.63, 3.8) is 0 Å². The first-order valence-electron chi connectivity index (χ1n) is 17.4. The highest BCUT2D eigenvalue weighted by molar-refractivity contribution is 5.89. The van der Waals surface area contributed by atoms with Crippen LogP contribution in [0.2, 0.25) is 0 Å². The van der Waals surface area contributed by atoms with Gasteiger partial charge in [-0.05, 0) is 111 Å². The lowest BCUT2D eigenvalue weighted by atomic mass is 9.72. The minimum absolute atomic E-state index is 0.588. The molecule has 9 rings (SSSR count). The Hall–Kier alpha value is -6.36. The van der Waals surface area contributed by atoms with E-state index in [4.69, 9.17) is 0 Å². The average Bonchev–Trinajstić information content (AvgIpc) is 3.48. The Morgan fingerprint density at radius 2 is 1.16 bits per heavy atom. The van der Waals surface area contributed by atoms with Crippen molar-refractivity contribution in [1.82, 2.24) is 0 Å². The third-order valence-electron chi connectivity index (χ3n) is 10.2. The molecule has 0 saturated carbocycles. The first-order valence-corrected chi connectivity index (χ1v) is 17.4. The highest BCUT2D eigenvalue weighted by Gasteiger charge is 2.43. The lowest BCUT2D eigenvalue weighted by Crippen LogP contribution is -2.25.